The molecule has 4 rings (SSSR count). The second-order valence-corrected chi connectivity index (χ2v) is 9.40. The number of fused-ring (bicyclic) bond motifs is 1. The molecule has 2 heterocycles. The van der Waals surface area contributed by atoms with Crippen molar-refractivity contribution in [3.63, 3.8) is 0 Å². The van der Waals surface area contributed by atoms with Crippen LogP contribution in [0.25, 0.3) is 5.69 Å². The Morgan fingerprint density at radius 3 is 2.23 bits per heavy atom. The van der Waals surface area contributed by atoms with Gasteiger partial charge in [0.15, 0.2) is 5.78 Å². The molecule has 0 bridgehead atoms. The highest BCUT2D eigenvalue weighted by Gasteiger charge is 2.35. The predicted molar refractivity (Wildman–Crippen MR) is 119 cm³/mol. The zero-order chi connectivity index (χ0) is 22.2. The molecule has 164 valence electrons. The van der Waals surface area contributed by atoms with Crippen molar-refractivity contribution in [1.29, 1.82) is 0 Å². The molecule has 1 amide bonds. The molecule has 0 radical (unpaired) electrons. The van der Waals surface area contributed by atoms with E-state index in [0.29, 0.717) is 48.6 Å². The minimum Gasteiger partial charge on any atom is -0.497 e. The van der Waals surface area contributed by atoms with Crippen LogP contribution in [0.2, 0.25) is 0 Å². The molecular formula is C25H30N2O4. The lowest BCUT2D eigenvalue weighted by atomic mass is 9.75. The highest BCUT2D eigenvalue weighted by Crippen LogP contribution is 2.35. The number of amides is 1. The van der Waals surface area contributed by atoms with Crippen LogP contribution in [0.3, 0.4) is 0 Å². The minimum absolute atomic E-state index is 0.0153. The van der Waals surface area contributed by atoms with E-state index in [2.05, 4.69) is 0 Å². The number of hydrogen-bond acceptors (Lipinski definition) is 4. The highest BCUT2D eigenvalue weighted by atomic mass is 16.5. The maximum Gasteiger partial charge on any atom is 0.268 e. The molecule has 6 nitrogen and oxygen atoms in total. The van der Waals surface area contributed by atoms with Crippen LogP contribution in [0.1, 0.15) is 72.4 Å². The number of hydrogen-bond donors (Lipinski definition) is 0. The largest absolute Gasteiger partial charge is 0.497 e. The van der Waals surface area contributed by atoms with Crippen molar-refractivity contribution in [2.75, 3.05) is 20.2 Å². The molecule has 1 saturated heterocycles. The maximum atomic E-state index is 13.7. The predicted octanol–water partition coefficient (Wildman–Crippen LogP) is 4.02. The van der Waals surface area contributed by atoms with Crippen molar-refractivity contribution in [2.24, 2.45) is 5.41 Å². The highest BCUT2D eigenvalue weighted by molar-refractivity contribution is 6.02. The number of Topliss-reactive ketones (excluding diaryl/α,β-unsaturated/α-hetero) is 1. The van der Waals surface area contributed by atoms with Crippen LogP contribution in [0.5, 0.6) is 5.75 Å². The van der Waals surface area contributed by atoms with Gasteiger partial charge in [0.25, 0.3) is 11.5 Å². The van der Waals surface area contributed by atoms with Crippen molar-refractivity contribution >= 4 is 11.7 Å². The van der Waals surface area contributed by atoms with Crippen LogP contribution in [-0.4, -0.2) is 41.4 Å². The Balaban J connectivity index is 1.90. The number of ketones is 1. The van der Waals surface area contributed by atoms with Gasteiger partial charge < -0.3 is 9.64 Å². The quantitative estimate of drug-likeness (QED) is 0.749. The number of nitrogens with zero attached hydrogens (tertiary/aromatic N) is 2. The fourth-order valence-corrected chi connectivity index (χ4v) is 4.72. The first-order valence-electron chi connectivity index (χ1n) is 11.1. The number of pyridine rings is 1. The maximum absolute atomic E-state index is 13.7. The standard InChI is InChI=1S/C25H30N2O4/c1-25(2)15-21-19(22(28)16-25)14-20(23(29)26-12-6-4-5-7-13-26)24(30)27(21)17-8-10-18(31-3)11-9-17/h8-11,14H,4-7,12-13,15-16H2,1-3H3. The van der Waals surface area contributed by atoms with Gasteiger partial charge in [0.05, 0.1) is 7.11 Å². The van der Waals surface area contributed by atoms with E-state index in [9.17, 15) is 14.4 Å². The van der Waals surface area contributed by atoms with Crippen molar-refractivity contribution < 1.29 is 14.3 Å². The van der Waals surface area contributed by atoms with Gasteiger partial charge in [-0.15, -0.1) is 0 Å². The van der Waals surface area contributed by atoms with E-state index in [1.165, 1.54) is 0 Å². The first-order chi connectivity index (χ1) is 14.8. The third-order valence-electron chi connectivity index (χ3n) is 6.34. The molecule has 1 aromatic carbocycles. The monoisotopic (exact) mass is 422 g/mol. The molecule has 0 atom stereocenters. The molecule has 1 aromatic heterocycles. The van der Waals surface area contributed by atoms with Crippen molar-refractivity contribution in [3.8, 4) is 11.4 Å². The molecule has 6 heteroatoms. The summed E-state index contributed by atoms with van der Waals surface area (Å²) in [7, 11) is 1.59. The Kier molecular flexibility index (Phi) is 5.73. The van der Waals surface area contributed by atoms with Gasteiger partial charge in [-0.05, 0) is 55.0 Å². The molecule has 0 saturated carbocycles. The van der Waals surface area contributed by atoms with E-state index in [-0.39, 0.29) is 28.2 Å². The Morgan fingerprint density at radius 2 is 1.61 bits per heavy atom. The minimum atomic E-state index is -0.358. The van der Waals surface area contributed by atoms with E-state index in [0.717, 1.165) is 25.7 Å². The first-order valence-corrected chi connectivity index (χ1v) is 11.1. The lowest BCUT2D eigenvalue weighted by molar-refractivity contribution is 0.0759. The number of benzene rings is 1. The zero-order valence-electron chi connectivity index (χ0n) is 18.6. The summed E-state index contributed by atoms with van der Waals surface area (Å²) >= 11 is 0. The Bertz CT molecular complexity index is 1060. The molecule has 1 aliphatic carbocycles. The summed E-state index contributed by atoms with van der Waals surface area (Å²) in [6.45, 7) is 5.37. The number of carbonyl (C=O) groups excluding carboxylic acids is 2. The summed E-state index contributed by atoms with van der Waals surface area (Å²) in [5, 5.41) is 0. The van der Waals surface area contributed by atoms with Gasteiger partial charge in [0.2, 0.25) is 0 Å². The topological polar surface area (TPSA) is 68.6 Å². The number of carbonyl (C=O) groups is 2. The van der Waals surface area contributed by atoms with Crippen LogP contribution in [0.15, 0.2) is 35.1 Å². The van der Waals surface area contributed by atoms with E-state index >= 15 is 0 Å². The molecular weight excluding hydrogens is 392 g/mol. The third-order valence-corrected chi connectivity index (χ3v) is 6.34. The van der Waals surface area contributed by atoms with Crippen molar-refractivity contribution in [3.05, 3.63) is 57.5 Å². The molecule has 0 N–H and O–H groups in total. The number of aromatic nitrogens is 1. The van der Waals surface area contributed by atoms with Gasteiger partial charge in [-0.3, -0.25) is 19.0 Å². The summed E-state index contributed by atoms with van der Waals surface area (Å²) in [5.41, 5.74) is 1.30. The number of methoxy groups -OCH3 is 1. The van der Waals surface area contributed by atoms with Gasteiger partial charge in [0, 0.05) is 36.5 Å². The van der Waals surface area contributed by atoms with Crippen LogP contribution < -0.4 is 10.3 Å². The van der Waals surface area contributed by atoms with E-state index in [1.807, 2.05) is 13.8 Å². The average Bonchev–Trinajstić information content (AvgIpc) is 3.02. The van der Waals surface area contributed by atoms with E-state index in [1.54, 1.807) is 46.9 Å². The van der Waals surface area contributed by atoms with Gasteiger partial charge in [-0.25, -0.2) is 0 Å². The van der Waals surface area contributed by atoms with Gasteiger partial charge >= 0.3 is 0 Å². The SMILES string of the molecule is COc1ccc(-n2c3c(cc(C(=O)N4CCCCCC4)c2=O)C(=O)CC(C)(C)C3)cc1. The van der Waals surface area contributed by atoms with Crippen molar-refractivity contribution in [1.82, 2.24) is 9.47 Å². The number of ether oxygens (including phenoxy) is 1. The fraction of sp³-hybridized carbons (Fsp3) is 0.480. The Morgan fingerprint density at radius 1 is 0.968 bits per heavy atom. The van der Waals surface area contributed by atoms with Crippen molar-refractivity contribution in [2.45, 2.75) is 52.4 Å². The molecule has 1 fully saturated rings. The number of likely N-dealkylation sites (tertiary alicyclic amines) is 1. The van der Waals surface area contributed by atoms with E-state index in [4.69, 9.17) is 4.74 Å². The van der Waals surface area contributed by atoms with Gasteiger partial charge in [0.1, 0.15) is 11.3 Å². The summed E-state index contributed by atoms with van der Waals surface area (Å²) in [5.74, 6) is 0.395. The number of rotatable bonds is 3. The second-order valence-electron chi connectivity index (χ2n) is 9.40. The van der Waals surface area contributed by atoms with Gasteiger partial charge in [-0.1, -0.05) is 26.7 Å². The first kappa shape index (κ1) is 21.3. The lowest BCUT2D eigenvalue weighted by Gasteiger charge is -2.32. The molecule has 0 unspecified atom stereocenters. The molecule has 2 aliphatic rings. The second kappa shape index (κ2) is 8.33. The summed E-state index contributed by atoms with van der Waals surface area (Å²) < 4.78 is 6.82. The summed E-state index contributed by atoms with van der Waals surface area (Å²) in [6, 6.07) is 8.72. The fourth-order valence-electron chi connectivity index (χ4n) is 4.72. The average molecular weight is 423 g/mol. The Labute approximate surface area is 182 Å². The van der Waals surface area contributed by atoms with Crippen LogP contribution >= 0.6 is 0 Å². The normalized spacial score (nSPS) is 18.3. The van der Waals surface area contributed by atoms with Crippen LogP contribution in [0.4, 0.5) is 0 Å². The summed E-state index contributed by atoms with van der Waals surface area (Å²) in [4.78, 5) is 41.8. The molecule has 1 aliphatic heterocycles. The summed E-state index contributed by atoms with van der Waals surface area (Å²) in [6.07, 6.45) is 5.06. The van der Waals surface area contributed by atoms with E-state index < -0.39 is 0 Å². The van der Waals surface area contributed by atoms with Crippen LogP contribution in [-0.2, 0) is 6.42 Å². The third kappa shape index (κ3) is 4.16. The Hall–Kier alpha value is -2.89. The molecule has 2 aromatic rings. The molecule has 31 heavy (non-hydrogen) atoms. The smallest absolute Gasteiger partial charge is 0.268 e. The van der Waals surface area contributed by atoms with Gasteiger partial charge in [-0.2, -0.15) is 0 Å². The molecule has 0 spiro atoms. The lowest BCUT2D eigenvalue weighted by Crippen LogP contribution is -2.40. The zero-order valence-corrected chi connectivity index (χ0v) is 18.6. The van der Waals surface area contributed by atoms with Crippen LogP contribution in [0, 0.1) is 5.41 Å².